The molecule has 0 spiro atoms. The minimum atomic E-state index is 0.747. The number of hydrogen-bond donors (Lipinski definition) is 0. The Morgan fingerprint density at radius 1 is 1.00 bits per heavy atom. The fourth-order valence-corrected chi connectivity index (χ4v) is 2.30. The molecule has 0 fully saturated rings. The average Bonchev–Trinajstić information content (AvgIpc) is 2.38. The summed E-state index contributed by atoms with van der Waals surface area (Å²) in [5.74, 6) is 0.919. The number of hydrogen-bond acceptors (Lipinski definition) is 1. The summed E-state index contributed by atoms with van der Waals surface area (Å²) >= 11 is 3.48. The molecule has 1 nitrogen and oxygen atoms in total. The van der Waals surface area contributed by atoms with Crippen molar-refractivity contribution in [2.45, 2.75) is 19.8 Å². The van der Waals surface area contributed by atoms with Crippen molar-refractivity contribution in [2.24, 2.45) is 0 Å². The van der Waals surface area contributed by atoms with Crippen LogP contribution >= 0.6 is 15.9 Å². The molecule has 0 unspecified atom stereocenters. The first-order valence-electron chi connectivity index (χ1n) is 6.19. The fourth-order valence-electron chi connectivity index (χ4n) is 1.90. The minimum absolute atomic E-state index is 0.747. The summed E-state index contributed by atoms with van der Waals surface area (Å²) in [5.41, 5.74) is 2.77. The zero-order valence-electron chi connectivity index (χ0n) is 10.5. The second-order valence-electron chi connectivity index (χ2n) is 4.31. The lowest BCUT2D eigenvalue weighted by atomic mass is 10.0. The second kappa shape index (κ2) is 6.60. The lowest BCUT2D eigenvalue weighted by molar-refractivity contribution is 0.309. The average molecular weight is 305 g/mol. The Kier molecular flexibility index (Phi) is 4.82. The minimum Gasteiger partial charge on any atom is -0.492 e. The Balaban J connectivity index is 1.80. The Morgan fingerprint density at radius 2 is 1.72 bits per heavy atom. The monoisotopic (exact) mass is 304 g/mol. The molecule has 0 aliphatic rings. The summed E-state index contributed by atoms with van der Waals surface area (Å²) in [6.45, 7) is 2.90. The van der Waals surface area contributed by atoms with Crippen molar-refractivity contribution in [3.05, 3.63) is 64.1 Å². The standard InChI is InChI=1S/C16H17BrO/c1-13-7-2-3-8-14(13)9-6-12-18-16-11-5-4-10-15(16)17/h2-5,7-8,10-11H,6,9,12H2,1H3. The molecule has 2 rings (SSSR count). The summed E-state index contributed by atoms with van der Waals surface area (Å²) in [6.07, 6.45) is 2.10. The van der Waals surface area contributed by atoms with Crippen molar-refractivity contribution in [2.75, 3.05) is 6.61 Å². The van der Waals surface area contributed by atoms with Gasteiger partial charge < -0.3 is 4.74 Å². The van der Waals surface area contributed by atoms with E-state index in [1.807, 2.05) is 24.3 Å². The van der Waals surface area contributed by atoms with Crippen LogP contribution in [0.5, 0.6) is 5.75 Å². The Hall–Kier alpha value is -1.28. The van der Waals surface area contributed by atoms with Crippen LogP contribution in [0.4, 0.5) is 0 Å². The van der Waals surface area contributed by atoms with E-state index in [1.54, 1.807) is 0 Å². The van der Waals surface area contributed by atoms with Crippen molar-refractivity contribution in [3.8, 4) is 5.75 Å². The van der Waals surface area contributed by atoms with Gasteiger partial charge in [-0.1, -0.05) is 36.4 Å². The van der Waals surface area contributed by atoms with E-state index in [-0.39, 0.29) is 0 Å². The maximum absolute atomic E-state index is 5.75. The first kappa shape index (κ1) is 13.2. The highest BCUT2D eigenvalue weighted by molar-refractivity contribution is 9.10. The van der Waals surface area contributed by atoms with Gasteiger partial charge >= 0.3 is 0 Å². The predicted molar refractivity (Wildman–Crippen MR) is 79.1 cm³/mol. The Morgan fingerprint density at radius 3 is 2.50 bits per heavy atom. The maximum atomic E-state index is 5.75. The van der Waals surface area contributed by atoms with Crippen LogP contribution in [0.1, 0.15) is 17.5 Å². The van der Waals surface area contributed by atoms with Crippen molar-refractivity contribution in [1.29, 1.82) is 0 Å². The van der Waals surface area contributed by atoms with Gasteiger partial charge in [0.25, 0.3) is 0 Å². The number of ether oxygens (including phenoxy) is 1. The van der Waals surface area contributed by atoms with Crippen LogP contribution in [0.15, 0.2) is 53.0 Å². The molecule has 18 heavy (non-hydrogen) atoms. The van der Waals surface area contributed by atoms with E-state index < -0.39 is 0 Å². The highest BCUT2D eigenvalue weighted by Gasteiger charge is 2.00. The van der Waals surface area contributed by atoms with Gasteiger partial charge in [-0.25, -0.2) is 0 Å². The van der Waals surface area contributed by atoms with Crippen LogP contribution < -0.4 is 4.74 Å². The number of aryl methyl sites for hydroxylation is 2. The molecule has 0 saturated carbocycles. The van der Waals surface area contributed by atoms with Gasteiger partial charge in [0.2, 0.25) is 0 Å². The zero-order valence-corrected chi connectivity index (χ0v) is 12.1. The van der Waals surface area contributed by atoms with Gasteiger partial charge in [0.15, 0.2) is 0 Å². The van der Waals surface area contributed by atoms with Crippen LogP contribution in [0.25, 0.3) is 0 Å². The SMILES string of the molecule is Cc1ccccc1CCCOc1ccccc1Br. The molecule has 0 aliphatic heterocycles. The van der Waals surface area contributed by atoms with Crippen LogP contribution in [0, 0.1) is 6.92 Å². The largest absolute Gasteiger partial charge is 0.492 e. The van der Waals surface area contributed by atoms with Gasteiger partial charge in [-0.15, -0.1) is 0 Å². The van der Waals surface area contributed by atoms with Gasteiger partial charge in [-0.05, 0) is 59.0 Å². The van der Waals surface area contributed by atoms with Gasteiger partial charge in [0, 0.05) is 0 Å². The van der Waals surface area contributed by atoms with Gasteiger partial charge in [0.1, 0.15) is 5.75 Å². The number of benzene rings is 2. The van der Waals surface area contributed by atoms with Crippen molar-refractivity contribution >= 4 is 15.9 Å². The molecule has 0 N–H and O–H groups in total. The number of halogens is 1. The highest BCUT2D eigenvalue weighted by Crippen LogP contribution is 2.23. The van der Waals surface area contributed by atoms with E-state index >= 15 is 0 Å². The van der Waals surface area contributed by atoms with Crippen LogP contribution in [0.2, 0.25) is 0 Å². The molecule has 0 bridgehead atoms. The summed E-state index contributed by atoms with van der Waals surface area (Å²) < 4.78 is 6.77. The molecule has 0 amide bonds. The van der Waals surface area contributed by atoms with E-state index in [4.69, 9.17) is 4.74 Å². The predicted octanol–water partition coefficient (Wildman–Crippen LogP) is 4.77. The summed E-state index contributed by atoms with van der Waals surface area (Å²) in [5, 5.41) is 0. The summed E-state index contributed by atoms with van der Waals surface area (Å²) in [4.78, 5) is 0. The van der Waals surface area contributed by atoms with Crippen molar-refractivity contribution in [3.63, 3.8) is 0 Å². The zero-order chi connectivity index (χ0) is 12.8. The van der Waals surface area contributed by atoms with Gasteiger partial charge in [-0.3, -0.25) is 0 Å². The summed E-state index contributed by atoms with van der Waals surface area (Å²) in [6, 6.07) is 16.5. The summed E-state index contributed by atoms with van der Waals surface area (Å²) in [7, 11) is 0. The quantitative estimate of drug-likeness (QED) is 0.723. The van der Waals surface area contributed by atoms with Crippen LogP contribution in [0.3, 0.4) is 0 Å². The molecule has 0 atom stereocenters. The molecule has 0 aliphatic carbocycles. The third kappa shape index (κ3) is 3.61. The molecule has 2 aromatic rings. The third-order valence-electron chi connectivity index (χ3n) is 2.95. The third-order valence-corrected chi connectivity index (χ3v) is 3.60. The van der Waals surface area contributed by atoms with E-state index in [9.17, 15) is 0 Å². The molecule has 0 aromatic heterocycles. The number of para-hydroxylation sites is 1. The highest BCUT2D eigenvalue weighted by atomic mass is 79.9. The van der Waals surface area contributed by atoms with E-state index in [2.05, 4.69) is 47.1 Å². The smallest absolute Gasteiger partial charge is 0.133 e. The molecule has 0 radical (unpaired) electrons. The first-order chi connectivity index (χ1) is 8.77. The molecular weight excluding hydrogens is 288 g/mol. The van der Waals surface area contributed by atoms with E-state index in [1.165, 1.54) is 11.1 Å². The lowest BCUT2D eigenvalue weighted by Crippen LogP contribution is -2.00. The fraction of sp³-hybridized carbons (Fsp3) is 0.250. The number of rotatable bonds is 5. The van der Waals surface area contributed by atoms with Crippen LogP contribution in [-0.4, -0.2) is 6.61 Å². The molecule has 0 heterocycles. The molecule has 2 heteroatoms. The van der Waals surface area contributed by atoms with Crippen LogP contribution in [-0.2, 0) is 6.42 Å². The first-order valence-corrected chi connectivity index (χ1v) is 6.98. The molecule has 0 saturated heterocycles. The lowest BCUT2D eigenvalue weighted by Gasteiger charge is -2.09. The van der Waals surface area contributed by atoms with E-state index in [0.717, 1.165) is 29.7 Å². The molecular formula is C16H17BrO. The molecule has 2 aromatic carbocycles. The Labute approximate surface area is 117 Å². The van der Waals surface area contributed by atoms with Gasteiger partial charge in [-0.2, -0.15) is 0 Å². The Bertz CT molecular complexity index is 460. The van der Waals surface area contributed by atoms with E-state index in [0.29, 0.717) is 0 Å². The van der Waals surface area contributed by atoms with Gasteiger partial charge in [0.05, 0.1) is 11.1 Å². The van der Waals surface area contributed by atoms with Crippen molar-refractivity contribution < 1.29 is 4.74 Å². The second-order valence-corrected chi connectivity index (χ2v) is 5.16. The maximum Gasteiger partial charge on any atom is 0.133 e. The molecule has 94 valence electrons. The van der Waals surface area contributed by atoms with Crippen molar-refractivity contribution in [1.82, 2.24) is 0 Å². The normalized spacial score (nSPS) is 10.3. The topological polar surface area (TPSA) is 9.23 Å².